The van der Waals surface area contributed by atoms with Gasteiger partial charge in [0.15, 0.2) is 5.89 Å². The number of aryl methyl sites for hydroxylation is 2. The third-order valence-corrected chi connectivity index (χ3v) is 2.19. The molecule has 0 atom stereocenters. The number of pyridine rings is 1. The number of nitrogens with zero attached hydrogens (tertiary/aromatic N) is 2. The summed E-state index contributed by atoms with van der Waals surface area (Å²) in [5, 5.41) is 2.78. The van der Waals surface area contributed by atoms with Crippen molar-refractivity contribution in [3.8, 4) is 0 Å². The Morgan fingerprint density at radius 1 is 1.47 bits per heavy atom. The zero-order chi connectivity index (χ0) is 12.3. The van der Waals surface area contributed by atoms with Crippen LogP contribution < -0.4 is 5.32 Å². The van der Waals surface area contributed by atoms with Crippen LogP contribution in [0.4, 0.5) is 5.69 Å². The third-order valence-electron chi connectivity index (χ3n) is 2.19. The van der Waals surface area contributed by atoms with Crippen LogP contribution in [0.2, 0.25) is 0 Å². The molecule has 2 rings (SSSR count). The Hall–Kier alpha value is -2.17. The van der Waals surface area contributed by atoms with Gasteiger partial charge in [0, 0.05) is 24.5 Å². The van der Waals surface area contributed by atoms with Crippen molar-refractivity contribution >= 4 is 11.6 Å². The van der Waals surface area contributed by atoms with Gasteiger partial charge in [0.05, 0.1) is 12.1 Å². The first-order chi connectivity index (χ1) is 8.13. The van der Waals surface area contributed by atoms with Crippen molar-refractivity contribution in [2.45, 2.75) is 20.3 Å². The second-order valence-corrected chi connectivity index (χ2v) is 3.77. The Bertz CT molecular complexity index is 534. The second-order valence-electron chi connectivity index (χ2n) is 3.77. The fourth-order valence-electron chi connectivity index (χ4n) is 1.48. The van der Waals surface area contributed by atoms with Gasteiger partial charge >= 0.3 is 0 Å². The van der Waals surface area contributed by atoms with Crippen LogP contribution in [-0.4, -0.2) is 15.9 Å². The highest BCUT2D eigenvalue weighted by molar-refractivity contribution is 5.91. The lowest BCUT2D eigenvalue weighted by atomic mass is 10.3. The normalized spacial score (nSPS) is 10.2. The van der Waals surface area contributed by atoms with Crippen LogP contribution >= 0.6 is 0 Å². The summed E-state index contributed by atoms with van der Waals surface area (Å²) in [5.41, 5.74) is 2.23. The fourth-order valence-corrected chi connectivity index (χ4v) is 1.48. The maximum absolute atomic E-state index is 11.7. The molecule has 0 unspecified atom stereocenters. The lowest BCUT2D eigenvalue weighted by molar-refractivity contribution is -0.115. The van der Waals surface area contributed by atoms with Gasteiger partial charge in [-0.2, -0.15) is 0 Å². The van der Waals surface area contributed by atoms with Gasteiger partial charge in [-0.3, -0.25) is 9.78 Å². The first-order valence-corrected chi connectivity index (χ1v) is 5.27. The Kier molecular flexibility index (Phi) is 3.18. The second kappa shape index (κ2) is 4.78. The molecule has 0 aliphatic rings. The maximum Gasteiger partial charge on any atom is 0.230 e. The van der Waals surface area contributed by atoms with E-state index in [0.29, 0.717) is 11.6 Å². The minimum absolute atomic E-state index is 0.121. The summed E-state index contributed by atoms with van der Waals surface area (Å²) < 4.78 is 5.03. The van der Waals surface area contributed by atoms with Crippen molar-refractivity contribution in [2.75, 3.05) is 5.32 Å². The van der Waals surface area contributed by atoms with Gasteiger partial charge in [-0.1, -0.05) is 0 Å². The van der Waals surface area contributed by atoms with Gasteiger partial charge in [0.25, 0.3) is 0 Å². The lowest BCUT2D eigenvalue weighted by Gasteiger charge is -2.03. The van der Waals surface area contributed by atoms with Crippen LogP contribution in [-0.2, 0) is 11.2 Å². The van der Waals surface area contributed by atoms with Crippen molar-refractivity contribution in [3.05, 3.63) is 41.9 Å². The summed E-state index contributed by atoms with van der Waals surface area (Å²) in [4.78, 5) is 19.8. The molecule has 1 N–H and O–H groups in total. The average Bonchev–Trinajstić information content (AvgIpc) is 2.63. The summed E-state index contributed by atoms with van der Waals surface area (Å²) in [6.07, 6.45) is 3.36. The summed E-state index contributed by atoms with van der Waals surface area (Å²) >= 11 is 0. The van der Waals surface area contributed by atoms with Crippen LogP contribution in [0.25, 0.3) is 0 Å². The number of aromatic nitrogens is 2. The molecule has 0 radical (unpaired) electrons. The Morgan fingerprint density at radius 2 is 2.29 bits per heavy atom. The van der Waals surface area contributed by atoms with Crippen LogP contribution in [0.15, 0.2) is 29.0 Å². The molecule has 5 heteroatoms. The number of carbonyl (C=O) groups is 1. The summed E-state index contributed by atoms with van der Waals surface area (Å²) in [7, 11) is 0. The predicted molar refractivity (Wildman–Crippen MR) is 62.5 cm³/mol. The zero-order valence-corrected chi connectivity index (χ0v) is 9.73. The highest BCUT2D eigenvalue weighted by Crippen LogP contribution is 2.08. The standard InChI is InChI=1S/C12H13N3O2/c1-8-5-10(3-4-13-8)15-12(16)6-11-7-17-9(2)14-11/h3-5,7H,6H2,1-2H3,(H,13,15,16). The molecule has 2 aromatic rings. The predicted octanol–water partition coefficient (Wildman–Crippen LogP) is 1.87. The van der Waals surface area contributed by atoms with E-state index in [9.17, 15) is 4.79 Å². The van der Waals surface area contributed by atoms with Crippen LogP contribution in [0.3, 0.4) is 0 Å². The smallest absolute Gasteiger partial charge is 0.230 e. The van der Waals surface area contributed by atoms with Crippen LogP contribution in [0.1, 0.15) is 17.3 Å². The summed E-state index contributed by atoms with van der Waals surface area (Å²) in [5.74, 6) is 0.441. The topological polar surface area (TPSA) is 68.0 Å². The van der Waals surface area contributed by atoms with E-state index in [1.807, 2.05) is 13.0 Å². The van der Waals surface area contributed by atoms with E-state index in [1.54, 1.807) is 19.2 Å². The Labute approximate surface area is 98.9 Å². The fraction of sp³-hybridized carbons (Fsp3) is 0.250. The molecule has 0 bridgehead atoms. The van der Waals surface area contributed by atoms with E-state index >= 15 is 0 Å². The minimum atomic E-state index is -0.121. The molecule has 0 saturated carbocycles. The van der Waals surface area contributed by atoms with E-state index in [0.717, 1.165) is 11.4 Å². The lowest BCUT2D eigenvalue weighted by Crippen LogP contribution is -2.14. The van der Waals surface area contributed by atoms with Gasteiger partial charge in [0.2, 0.25) is 5.91 Å². The molecular weight excluding hydrogens is 218 g/mol. The van der Waals surface area contributed by atoms with E-state index in [4.69, 9.17) is 4.42 Å². The highest BCUT2D eigenvalue weighted by atomic mass is 16.3. The zero-order valence-electron chi connectivity index (χ0n) is 9.73. The summed E-state index contributed by atoms with van der Waals surface area (Å²) in [6.45, 7) is 3.62. The van der Waals surface area contributed by atoms with Crippen molar-refractivity contribution < 1.29 is 9.21 Å². The van der Waals surface area contributed by atoms with Crippen LogP contribution in [0, 0.1) is 13.8 Å². The molecular formula is C12H13N3O2. The summed E-state index contributed by atoms with van der Waals surface area (Å²) in [6, 6.07) is 3.56. The molecule has 0 aliphatic heterocycles. The SMILES string of the molecule is Cc1cc(NC(=O)Cc2coc(C)n2)ccn1. The van der Waals surface area contributed by atoms with Crippen molar-refractivity contribution in [2.24, 2.45) is 0 Å². The molecule has 0 aliphatic carbocycles. The van der Waals surface area contributed by atoms with E-state index in [2.05, 4.69) is 15.3 Å². The maximum atomic E-state index is 11.7. The number of carbonyl (C=O) groups excluding carboxylic acids is 1. The minimum Gasteiger partial charge on any atom is -0.449 e. The molecule has 88 valence electrons. The molecule has 5 nitrogen and oxygen atoms in total. The van der Waals surface area contributed by atoms with E-state index < -0.39 is 0 Å². The molecule has 0 aromatic carbocycles. The molecule has 2 heterocycles. The number of amides is 1. The number of anilines is 1. The van der Waals surface area contributed by atoms with Crippen molar-refractivity contribution in [3.63, 3.8) is 0 Å². The molecule has 1 amide bonds. The van der Waals surface area contributed by atoms with Crippen molar-refractivity contribution in [1.82, 2.24) is 9.97 Å². The number of rotatable bonds is 3. The third kappa shape index (κ3) is 3.14. The van der Waals surface area contributed by atoms with Gasteiger partial charge in [-0.05, 0) is 19.1 Å². The van der Waals surface area contributed by atoms with Gasteiger partial charge < -0.3 is 9.73 Å². The van der Waals surface area contributed by atoms with E-state index in [-0.39, 0.29) is 12.3 Å². The monoisotopic (exact) mass is 231 g/mol. The molecule has 0 saturated heterocycles. The van der Waals surface area contributed by atoms with Gasteiger partial charge in [-0.15, -0.1) is 0 Å². The quantitative estimate of drug-likeness (QED) is 0.875. The molecule has 0 spiro atoms. The average molecular weight is 231 g/mol. The first kappa shape index (κ1) is 11.3. The first-order valence-electron chi connectivity index (χ1n) is 5.27. The number of oxazole rings is 1. The highest BCUT2D eigenvalue weighted by Gasteiger charge is 2.07. The molecule has 17 heavy (non-hydrogen) atoms. The number of nitrogens with one attached hydrogen (secondary N) is 1. The molecule has 2 aromatic heterocycles. The van der Waals surface area contributed by atoms with Crippen LogP contribution in [0.5, 0.6) is 0 Å². The van der Waals surface area contributed by atoms with E-state index in [1.165, 1.54) is 6.26 Å². The largest absolute Gasteiger partial charge is 0.449 e. The van der Waals surface area contributed by atoms with Gasteiger partial charge in [-0.25, -0.2) is 4.98 Å². The molecule has 0 fully saturated rings. The Balaban J connectivity index is 1.98. The van der Waals surface area contributed by atoms with Crippen molar-refractivity contribution in [1.29, 1.82) is 0 Å². The number of hydrogen-bond donors (Lipinski definition) is 1. The van der Waals surface area contributed by atoms with Gasteiger partial charge in [0.1, 0.15) is 6.26 Å². The Morgan fingerprint density at radius 3 is 2.94 bits per heavy atom. The number of hydrogen-bond acceptors (Lipinski definition) is 4.